The maximum atomic E-state index is 13.1. The molecule has 2 rings (SSSR count). The lowest BCUT2D eigenvalue weighted by atomic mass is 9.97. The summed E-state index contributed by atoms with van der Waals surface area (Å²) < 4.78 is 51.5. The summed E-state index contributed by atoms with van der Waals surface area (Å²) in [5.41, 5.74) is -0.0263. The van der Waals surface area contributed by atoms with Crippen LogP contribution >= 0.6 is 0 Å². The highest BCUT2D eigenvalue weighted by Gasteiger charge is 2.33. The molecule has 0 radical (unpaired) electrons. The summed E-state index contributed by atoms with van der Waals surface area (Å²) in [5, 5.41) is 8.64. The van der Waals surface area contributed by atoms with Gasteiger partial charge in [-0.2, -0.15) is 18.4 Å². The second-order valence-corrected chi connectivity index (χ2v) is 4.21. The van der Waals surface area contributed by atoms with E-state index in [0.29, 0.717) is 11.1 Å². The van der Waals surface area contributed by atoms with Crippen molar-refractivity contribution in [2.24, 2.45) is 0 Å². The summed E-state index contributed by atoms with van der Waals surface area (Å²) in [7, 11) is 0. The van der Waals surface area contributed by atoms with Crippen molar-refractivity contribution in [3.05, 3.63) is 59.4 Å². The van der Waals surface area contributed by atoms with Gasteiger partial charge in [0.05, 0.1) is 18.1 Å². The minimum absolute atomic E-state index is 0.109. The fraction of sp³-hybridized carbons (Fsp3) is 0.133. The van der Waals surface area contributed by atoms with Crippen LogP contribution in [0.15, 0.2) is 42.5 Å². The molecule has 0 fully saturated rings. The van der Waals surface area contributed by atoms with E-state index in [0.717, 1.165) is 6.07 Å². The maximum absolute atomic E-state index is 13.1. The zero-order valence-electron chi connectivity index (χ0n) is 10.2. The van der Waals surface area contributed by atoms with Crippen molar-refractivity contribution < 1.29 is 17.6 Å². The van der Waals surface area contributed by atoms with E-state index in [1.54, 1.807) is 12.1 Å². The van der Waals surface area contributed by atoms with Gasteiger partial charge >= 0.3 is 6.18 Å². The van der Waals surface area contributed by atoms with Crippen molar-refractivity contribution in [3.63, 3.8) is 0 Å². The summed E-state index contributed by atoms with van der Waals surface area (Å²) in [6.45, 7) is 0. The van der Waals surface area contributed by atoms with E-state index in [-0.39, 0.29) is 12.0 Å². The Bertz CT molecular complexity index is 668. The van der Waals surface area contributed by atoms with E-state index in [1.165, 1.54) is 30.3 Å². The highest BCUT2D eigenvalue weighted by atomic mass is 19.4. The van der Waals surface area contributed by atoms with Crippen molar-refractivity contribution in [1.82, 2.24) is 0 Å². The van der Waals surface area contributed by atoms with E-state index in [2.05, 4.69) is 0 Å². The summed E-state index contributed by atoms with van der Waals surface area (Å²) >= 11 is 0. The van der Waals surface area contributed by atoms with Gasteiger partial charge in [-0.05, 0) is 41.0 Å². The summed E-state index contributed by atoms with van der Waals surface area (Å²) in [6.07, 6.45) is -4.86. The number of nitrogens with zero attached hydrogens (tertiary/aromatic N) is 1. The SMILES string of the molecule is N#CCc1cc(-c2cccc(F)c2)ccc1C(F)(F)F. The number of hydrogen-bond acceptors (Lipinski definition) is 1. The van der Waals surface area contributed by atoms with Crippen LogP contribution in [0.1, 0.15) is 11.1 Å². The van der Waals surface area contributed by atoms with Crippen LogP contribution in [0, 0.1) is 17.1 Å². The maximum Gasteiger partial charge on any atom is 0.416 e. The Morgan fingerprint density at radius 1 is 1.00 bits per heavy atom. The molecule has 0 amide bonds. The Morgan fingerprint density at radius 3 is 2.30 bits per heavy atom. The smallest absolute Gasteiger partial charge is 0.207 e. The van der Waals surface area contributed by atoms with E-state index in [4.69, 9.17) is 5.26 Å². The number of halogens is 4. The lowest BCUT2D eigenvalue weighted by molar-refractivity contribution is -0.138. The molecule has 0 saturated heterocycles. The lowest BCUT2D eigenvalue weighted by Gasteiger charge is -2.12. The second kappa shape index (κ2) is 5.33. The molecule has 0 bridgehead atoms. The molecule has 0 unspecified atom stereocenters. The van der Waals surface area contributed by atoms with Crippen LogP contribution in [0.3, 0.4) is 0 Å². The molecule has 0 aliphatic heterocycles. The number of rotatable bonds is 2. The van der Waals surface area contributed by atoms with Crippen LogP contribution in [0.5, 0.6) is 0 Å². The third-order valence-corrected chi connectivity index (χ3v) is 2.84. The van der Waals surface area contributed by atoms with Gasteiger partial charge < -0.3 is 0 Å². The van der Waals surface area contributed by atoms with Gasteiger partial charge in [0.1, 0.15) is 5.82 Å². The van der Waals surface area contributed by atoms with Crippen molar-refractivity contribution in [1.29, 1.82) is 5.26 Å². The van der Waals surface area contributed by atoms with Crippen LogP contribution in [-0.4, -0.2) is 0 Å². The largest absolute Gasteiger partial charge is 0.416 e. The lowest BCUT2D eigenvalue weighted by Crippen LogP contribution is -2.09. The molecule has 0 aliphatic carbocycles. The topological polar surface area (TPSA) is 23.8 Å². The first-order valence-corrected chi connectivity index (χ1v) is 5.75. The molecule has 2 aromatic carbocycles. The number of benzene rings is 2. The number of nitriles is 1. The van der Waals surface area contributed by atoms with Crippen molar-refractivity contribution >= 4 is 0 Å². The van der Waals surface area contributed by atoms with Gasteiger partial charge in [-0.3, -0.25) is 0 Å². The Hall–Kier alpha value is -2.35. The molecule has 2 aromatic rings. The molecular formula is C15H9F4N. The standard InChI is InChI=1S/C15H9F4N/c16-13-3-1-2-10(9-13)11-4-5-14(15(17,18)19)12(8-11)6-7-20/h1-5,8-9H,6H2. The number of alkyl halides is 3. The average Bonchev–Trinajstić information content (AvgIpc) is 2.38. The third kappa shape index (κ3) is 2.97. The van der Waals surface area contributed by atoms with Crippen LogP contribution < -0.4 is 0 Å². The van der Waals surface area contributed by atoms with Crippen molar-refractivity contribution in [2.45, 2.75) is 12.6 Å². The molecule has 0 aliphatic rings. The molecule has 0 N–H and O–H groups in total. The van der Waals surface area contributed by atoms with E-state index < -0.39 is 17.6 Å². The zero-order valence-corrected chi connectivity index (χ0v) is 10.2. The third-order valence-electron chi connectivity index (χ3n) is 2.84. The van der Waals surface area contributed by atoms with Gasteiger partial charge in [0.2, 0.25) is 0 Å². The zero-order chi connectivity index (χ0) is 14.8. The predicted octanol–water partition coefficient (Wildman–Crippen LogP) is 4.58. The first-order chi connectivity index (χ1) is 9.41. The van der Waals surface area contributed by atoms with Gasteiger partial charge in [-0.15, -0.1) is 0 Å². The first kappa shape index (κ1) is 14.1. The van der Waals surface area contributed by atoms with E-state index >= 15 is 0 Å². The van der Waals surface area contributed by atoms with E-state index in [1.807, 2.05) is 0 Å². The Balaban J connectivity index is 2.53. The highest BCUT2D eigenvalue weighted by molar-refractivity contribution is 5.65. The summed E-state index contributed by atoms with van der Waals surface area (Å²) in [5.74, 6) is -0.468. The number of hydrogen-bond donors (Lipinski definition) is 0. The Morgan fingerprint density at radius 2 is 1.70 bits per heavy atom. The summed E-state index contributed by atoms with van der Waals surface area (Å²) in [6, 6.07) is 10.8. The Kier molecular flexibility index (Phi) is 3.75. The molecule has 0 saturated carbocycles. The van der Waals surface area contributed by atoms with Gasteiger partial charge in [-0.25, -0.2) is 4.39 Å². The molecule has 102 valence electrons. The molecule has 0 spiro atoms. The molecule has 0 aromatic heterocycles. The summed E-state index contributed by atoms with van der Waals surface area (Å²) in [4.78, 5) is 0. The first-order valence-electron chi connectivity index (χ1n) is 5.75. The Labute approximate surface area is 113 Å². The van der Waals surface area contributed by atoms with Crippen LogP contribution in [0.4, 0.5) is 17.6 Å². The minimum atomic E-state index is -4.51. The van der Waals surface area contributed by atoms with Gasteiger partial charge in [0.15, 0.2) is 0 Å². The highest BCUT2D eigenvalue weighted by Crippen LogP contribution is 2.34. The molecular weight excluding hydrogens is 270 g/mol. The van der Waals surface area contributed by atoms with Gasteiger partial charge in [0.25, 0.3) is 0 Å². The molecule has 0 heterocycles. The van der Waals surface area contributed by atoms with Crippen molar-refractivity contribution in [3.8, 4) is 17.2 Å². The normalized spacial score (nSPS) is 11.2. The molecule has 20 heavy (non-hydrogen) atoms. The average molecular weight is 279 g/mol. The fourth-order valence-electron chi connectivity index (χ4n) is 1.95. The molecule has 1 nitrogen and oxygen atoms in total. The molecule has 0 atom stereocenters. The fourth-order valence-corrected chi connectivity index (χ4v) is 1.95. The van der Waals surface area contributed by atoms with Gasteiger partial charge in [0, 0.05) is 0 Å². The van der Waals surface area contributed by atoms with Crippen LogP contribution in [0.2, 0.25) is 0 Å². The second-order valence-electron chi connectivity index (χ2n) is 4.21. The minimum Gasteiger partial charge on any atom is -0.207 e. The monoisotopic (exact) mass is 279 g/mol. The van der Waals surface area contributed by atoms with Crippen LogP contribution in [-0.2, 0) is 12.6 Å². The predicted molar refractivity (Wildman–Crippen MR) is 66.2 cm³/mol. The van der Waals surface area contributed by atoms with Crippen molar-refractivity contribution in [2.75, 3.05) is 0 Å². The molecule has 5 heteroatoms. The van der Waals surface area contributed by atoms with Gasteiger partial charge in [-0.1, -0.05) is 18.2 Å². The quantitative estimate of drug-likeness (QED) is 0.738. The van der Waals surface area contributed by atoms with E-state index in [9.17, 15) is 17.6 Å². The van der Waals surface area contributed by atoms with Crippen LogP contribution in [0.25, 0.3) is 11.1 Å².